The molecule has 2 N–H and O–H groups in total. The largest absolute Gasteiger partial charge is 0.416 e. The topological polar surface area (TPSA) is 61.4 Å². The third-order valence-electron chi connectivity index (χ3n) is 3.39. The SMILES string of the molecule is CN(C)c1cccc(C(=O)NNC(=O)c2ccc(C(F)(F)F)cc2)c1. The van der Waals surface area contributed by atoms with E-state index in [0.717, 1.165) is 30.0 Å². The molecule has 132 valence electrons. The maximum Gasteiger partial charge on any atom is 0.416 e. The number of carbonyl (C=O) groups excluding carboxylic acids is 2. The van der Waals surface area contributed by atoms with Crippen molar-refractivity contribution < 1.29 is 22.8 Å². The molecule has 0 atom stereocenters. The van der Waals surface area contributed by atoms with Gasteiger partial charge in [-0.2, -0.15) is 13.2 Å². The molecule has 2 rings (SSSR count). The Bertz CT molecular complexity index is 771. The van der Waals surface area contributed by atoms with Crippen LogP contribution in [-0.2, 0) is 6.18 Å². The van der Waals surface area contributed by atoms with Gasteiger partial charge in [0, 0.05) is 30.9 Å². The lowest BCUT2D eigenvalue weighted by Gasteiger charge is -2.14. The maximum atomic E-state index is 12.5. The quantitative estimate of drug-likeness (QED) is 0.836. The van der Waals surface area contributed by atoms with Crippen molar-refractivity contribution in [1.82, 2.24) is 10.9 Å². The van der Waals surface area contributed by atoms with Gasteiger partial charge < -0.3 is 4.90 Å². The van der Waals surface area contributed by atoms with E-state index in [-0.39, 0.29) is 5.56 Å². The summed E-state index contributed by atoms with van der Waals surface area (Å²) in [4.78, 5) is 25.8. The van der Waals surface area contributed by atoms with Crippen LogP contribution in [0.3, 0.4) is 0 Å². The van der Waals surface area contributed by atoms with Gasteiger partial charge in [0.25, 0.3) is 11.8 Å². The van der Waals surface area contributed by atoms with Gasteiger partial charge >= 0.3 is 6.18 Å². The molecule has 0 saturated carbocycles. The Labute approximate surface area is 142 Å². The molecule has 0 unspecified atom stereocenters. The third-order valence-corrected chi connectivity index (χ3v) is 3.39. The lowest BCUT2D eigenvalue weighted by Crippen LogP contribution is -2.41. The molecule has 8 heteroatoms. The lowest BCUT2D eigenvalue weighted by molar-refractivity contribution is -0.137. The molecule has 0 aliphatic carbocycles. The minimum atomic E-state index is -4.47. The first kappa shape index (κ1) is 18.3. The molecular weight excluding hydrogens is 335 g/mol. The predicted molar refractivity (Wildman–Crippen MR) is 87.1 cm³/mol. The van der Waals surface area contributed by atoms with Crippen LogP contribution in [0.1, 0.15) is 26.3 Å². The average molecular weight is 351 g/mol. The zero-order valence-electron chi connectivity index (χ0n) is 13.5. The third kappa shape index (κ3) is 4.72. The molecule has 0 aromatic heterocycles. The summed E-state index contributed by atoms with van der Waals surface area (Å²) in [5, 5.41) is 0. The number of amides is 2. The van der Waals surface area contributed by atoms with Gasteiger partial charge in [-0.25, -0.2) is 0 Å². The summed E-state index contributed by atoms with van der Waals surface area (Å²) < 4.78 is 37.5. The van der Waals surface area contributed by atoms with Crippen LogP contribution in [0.2, 0.25) is 0 Å². The zero-order chi connectivity index (χ0) is 18.6. The second-order valence-electron chi connectivity index (χ2n) is 5.43. The Morgan fingerprint density at radius 1 is 0.880 bits per heavy atom. The molecule has 0 radical (unpaired) electrons. The monoisotopic (exact) mass is 351 g/mol. The Balaban J connectivity index is 2.00. The van der Waals surface area contributed by atoms with Crippen LogP contribution < -0.4 is 15.8 Å². The van der Waals surface area contributed by atoms with Crippen LogP contribution in [0.25, 0.3) is 0 Å². The Hall–Kier alpha value is -3.03. The number of nitrogens with one attached hydrogen (secondary N) is 2. The standard InChI is InChI=1S/C17H16F3N3O2/c1-23(2)14-5-3-4-12(10-14)16(25)22-21-15(24)11-6-8-13(9-7-11)17(18,19)20/h3-10H,1-2H3,(H,21,24)(H,22,25). The molecule has 2 aromatic rings. The van der Waals surface area contributed by atoms with E-state index in [1.54, 1.807) is 18.2 Å². The zero-order valence-corrected chi connectivity index (χ0v) is 13.5. The fourth-order valence-electron chi connectivity index (χ4n) is 1.99. The molecule has 2 aromatic carbocycles. The first-order valence-electron chi connectivity index (χ1n) is 7.24. The highest BCUT2D eigenvalue weighted by atomic mass is 19.4. The van der Waals surface area contributed by atoms with E-state index in [0.29, 0.717) is 5.56 Å². The van der Waals surface area contributed by atoms with Crippen molar-refractivity contribution >= 4 is 17.5 Å². The smallest absolute Gasteiger partial charge is 0.378 e. The van der Waals surface area contributed by atoms with Gasteiger partial charge in [0.15, 0.2) is 0 Å². The highest BCUT2D eigenvalue weighted by Crippen LogP contribution is 2.29. The van der Waals surface area contributed by atoms with Gasteiger partial charge in [-0.3, -0.25) is 20.4 Å². The summed E-state index contributed by atoms with van der Waals surface area (Å²) in [5.41, 5.74) is 4.68. The van der Waals surface area contributed by atoms with Crippen LogP contribution in [0, 0.1) is 0 Å². The molecule has 0 aliphatic rings. The minimum absolute atomic E-state index is 0.00431. The Morgan fingerprint density at radius 3 is 1.96 bits per heavy atom. The summed E-state index contributed by atoms with van der Waals surface area (Å²) in [6, 6.07) is 10.4. The maximum absolute atomic E-state index is 12.5. The summed E-state index contributed by atoms with van der Waals surface area (Å²) in [7, 11) is 3.65. The molecule has 0 heterocycles. The van der Waals surface area contributed by atoms with Crippen LogP contribution >= 0.6 is 0 Å². The van der Waals surface area contributed by atoms with Gasteiger partial charge in [0.2, 0.25) is 0 Å². The molecule has 0 saturated heterocycles. The van der Waals surface area contributed by atoms with E-state index < -0.39 is 23.6 Å². The van der Waals surface area contributed by atoms with Crippen molar-refractivity contribution in [2.45, 2.75) is 6.18 Å². The number of halogens is 3. The van der Waals surface area contributed by atoms with Crippen LogP contribution in [0.4, 0.5) is 18.9 Å². The number of benzene rings is 2. The van der Waals surface area contributed by atoms with Crippen LogP contribution in [0.15, 0.2) is 48.5 Å². The number of hydrogen-bond donors (Lipinski definition) is 2. The van der Waals surface area contributed by atoms with E-state index in [1.807, 2.05) is 25.1 Å². The first-order chi connectivity index (χ1) is 11.7. The van der Waals surface area contributed by atoms with Crippen molar-refractivity contribution in [3.05, 3.63) is 65.2 Å². The normalized spacial score (nSPS) is 10.9. The molecular formula is C17H16F3N3O2. The summed E-state index contributed by atoms with van der Waals surface area (Å²) in [6.07, 6.45) is -4.47. The number of carbonyl (C=O) groups is 2. The van der Waals surface area contributed by atoms with E-state index in [4.69, 9.17) is 0 Å². The van der Waals surface area contributed by atoms with E-state index >= 15 is 0 Å². The van der Waals surface area contributed by atoms with Gasteiger partial charge in [-0.1, -0.05) is 6.07 Å². The highest BCUT2D eigenvalue weighted by molar-refractivity contribution is 5.99. The summed E-state index contributed by atoms with van der Waals surface area (Å²) >= 11 is 0. The van der Waals surface area contributed by atoms with Crippen molar-refractivity contribution in [2.75, 3.05) is 19.0 Å². The predicted octanol–water partition coefficient (Wildman–Crippen LogP) is 2.85. The van der Waals surface area contributed by atoms with Gasteiger partial charge in [-0.05, 0) is 42.5 Å². The molecule has 0 bridgehead atoms. The van der Waals surface area contributed by atoms with Gasteiger partial charge in [-0.15, -0.1) is 0 Å². The Kier molecular flexibility index (Phi) is 5.31. The van der Waals surface area contributed by atoms with E-state index in [2.05, 4.69) is 10.9 Å². The number of hydrazine groups is 1. The van der Waals surface area contributed by atoms with Crippen molar-refractivity contribution in [3.63, 3.8) is 0 Å². The summed E-state index contributed by atoms with van der Waals surface area (Å²) in [5.74, 6) is -1.25. The van der Waals surface area contributed by atoms with Crippen molar-refractivity contribution in [1.29, 1.82) is 0 Å². The summed E-state index contributed by atoms with van der Waals surface area (Å²) in [6.45, 7) is 0. The fourth-order valence-corrected chi connectivity index (χ4v) is 1.99. The average Bonchev–Trinajstić information content (AvgIpc) is 2.58. The minimum Gasteiger partial charge on any atom is -0.378 e. The molecule has 2 amide bonds. The van der Waals surface area contributed by atoms with Crippen molar-refractivity contribution in [2.24, 2.45) is 0 Å². The number of nitrogens with zero attached hydrogens (tertiary/aromatic N) is 1. The fraction of sp³-hybridized carbons (Fsp3) is 0.176. The lowest BCUT2D eigenvalue weighted by atomic mass is 10.1. The molecule has 0 spiro atoms. The first-order valence-corrected chi connectivity index (χ1v) is 7.24. The molecule has 0 aliphatic heterocycles. The number of rotatable bonds is 3. The van der Waals surface area contributed by atoms with Crippen LogP contribution in [-0.4, -0.2) is 25.9 Å². The van der Waals surface area contributed by atoms with Crippen molar-refractivity contribution in [3.8, 4) is 0 Å². The second kappa shape index (κ2) is 7.25. The second-order valence-corrected chi connectivity index (χ2v) is 5.43. The Morgan fingerprint density at radius 2 is 1.44 bits per heavy atom. The number of hydrogen-bond acceptors (Lipinski definition) is 3. The van der Waals surface area contributed by atoms with Gasteiger partial charge in [0.1, 0.15) is 0 Å². The molecule has 0 fully saturated rings. The van der Waals surface area contributed by atoms with Gasteiger partial charge in [0.05, 0.1) is 5.56 Å². The number of alkyl halides is 3. The molecule has 25 heavy (non-hydrogen) atoms. The highest BCUT2D eigenvalue weighted by Gasteiger charge is 2.30. The van der Waals surface area contributed by atoms with E-state index in [9.17, 15) is 22.8 Å². The van der Waals surface area contributed by atoms with Crippen LogP contribution in [0.5, 0.6) is 0 Å². The van der Waals surface area contributed by atoms with E-state index in [1.165, 1.54) is 0 Å². The molecule has 5 nitrogen and oxygen atoms in total. The number of anilines is 1.